The van der Waals surface area contributed by atoms with E-state index in [1.807, 2.05) is 12.1 Å². The van der Waals surface area contributed by atoms with Crippen LogP contribution in [0.2, 0.25) is 0 Å². The van der Waals surface area contributed by atoms with Gasteiger partial charge in [-0.2, -0.15) is 0 Å². The second-order valence-electron chi connectivity index (χ2n) is 4.48. The van der Waals surface area contributed by atoms with Crippen molar-refractivity contribution in [3.05, 3.63) is 42.2 Å². The molecule has 3 nitrogen and oxygen atoms in total. The number of benzene rings is 1. The summed E-state index contributed by atoms with van der Waals surface area (Å²) in [6.45, 7) is 2.10. The van der Waals surface area contributed by atoms with Crippen molar-refractivity contribution in [1.29, 1.82) is 0 Å². The second-order valence-corrected chi connectivity index (χ2v) is 4.48. The minimum atomic E-state index is 0.479. The predicted octanol–water partition coefficient (Wildman–Crippen LogP) is 3.07. The molecule has 86 valence electrons. The maximum atomic E-state index is 4.38. The van der Waals surface area contributed by atoms with Crippen LogP contribution in [0.5, 0.6) is 0 Å². The Hall–Kier alpha value is -1.90. The van der Waals surface area contributed by atoms with Crippen molar-refractivity contribution in [2.24, 2.45) is 0 Å². The van der Waals surface area contributed by atoms with Crippen LogP contribution in [0.1, 0.15) is 18.4 Å². The average Bonchev–Trinajstić information content (AvgIpc) is 2.82. The topological polar surface area (TPSA) is 37.8 Å². The van der Waals surface area contributed by atoms with Crippen LogP contribution >= 0.6 is 0 Å². The molecule has 0 saturated heterocycles. The molecule has 1 aromatic carbocycles. The fourth-order valence-electron chi connectivity index (χ4n) is 2.32. The zero-order valence-electron chi connectivity index (χ0n) is 9.85. The molecule has 1 heterocycles. The number of aromatic nitrogens is 2. The average molecular weight is 225 g/mol. The minimum absolute atomic E-state index is 0.479. The van der Waals surface area contributed by atoms with Crippen LogP contribution in [0.4, 0.5) is 5.82 Å². The highest BCUT2D eigenvalue weighted by Gasteiger charge is 2.13. The first-order valence-electron chi connectivity index (χ1n) is 5.96. The lowest BCUT2D eigenvalue weighted by Gasteiger charge is -2.15. The number of aryl methyl sites for hydroxylation is 1. The summed E-state index contributed by atoms with van der Waals surface area (Å²) >= 11 is 0. The van der Waals surface area contributed by atoms with Gasteiger partial charge in [0.15, 0.2) is 0 Å². The fourth-order valence-corrected chi connectivity index (χ4v) is 2.32. The third-order valence-corrected chi connectivity index (χ3v) is 3.22. The Morgan fingerprint density at radius 2 is 2.00 bits per heavy atom. The van der Waals surface area contributed by atoms with Crippen LogP contribution in [0.25, 0.3) is 10.9 Å². The monoisotopic (exact) mass is 225 g/mol. The Kier molecular flexibility index (Phi) is 2.52. The highest BCUT2D eigenvalue weighted by atomic mass is 15.0. The third-order valence-electron chi connectivity index (χ3n) is 3.22. The zero-order chi connectivity index (χ0) is 11.7. The van der Waals surface area contributed by atoms with Crippen LogP contribution in [0.3, 0.4) is 0 Å². The lowest BCUT2D eigenvalue weighted by molar-refractivity contribution is 0.782. The Morgan fingerprint density at radius 1 is 1.18 bits per heavy atom. The van der Waals surface area contributed by atoms with Gasteiger partial charge in [0.2, 0.25) is 0 Å². The molecular weight excluding hydrogens is 210 g/mol. The molecule has 0 spiro atoms. The van der Waals surface area contributed by atoms with E-state index in [4.69, 9.17) is 0 Å². The summed E-state index contributed by atoms with van der Waals surface area (Å²) in [6.07, 6.45) is 8.23. The fraction of sp³-hybridized carbons (Fsp3) is 0.286. The molecule has 2 aromatic rings. The van der Waals surface area contributed by atoms with Crippen LogP contribution < -0.4 is 5.32 Å². The molecule has 3 heteroatoms. The van der Waals surface area contributed by atoms with E-state index in [2.05, 4.69) is 40.4 Å². The molecule has 0 atom stereocenters. The van der Waals surface area contributed by atoms with Crippen molar-refractivity contribution in [3.63, 3.8) is 0 Å². The number of nitrogens with one attached hydrogen (secondary N) is 1. The van der Waals surface area contributed by atoms with Crippen molar-refractivity contribution in [1.82, 2.24) is 9.97 Å². The highest BCUT2D eigenvalue weighted by Crippen LogP contribution is 2.25. The first kappa shape index (κ1) is 10.3. The minimum Gasteiger partial charge on any atom is -0.366 e. The summed E-state index contributed by atoms with van der Waals surface area (Å²) in [7, 11) is 0. The summed E-state index contributed by atoms with van der Waals surface area (Å²) in [5, 5.41) is 4.65. The van der Waals surface area contributed by atoms with Crippen molar-refractivity contribution < 1.29 is 0 Å². The lowest BCUT2D eigenvalue weighted by atomic mass is 10.1. The first-order chi connectivity index (χ1) is 8.34. The molecule has 17 heavy (non-hydrogen) atoms. The van der Waals surface area contributed by atoms with E-state index in [9.17, 15) is 0 Å². The van der Waals surface area contributed by atoms with E-state index in [1.54, 1.807) is 6.33 Å². The van der Waals surface area contributed by atoms with E-state index >= 15 is 0 Å². The number of anilines is 1. The Morgan fingerprint density at radius 3 is 2.82 bits per heavy atom. The van der Waals surface area contributed by atoms with E-state index in [-0.39, 0.29) is 0 Å². The molecule has 1 N–H and O–H groups in total. The van der Waals surface area contributed by atoms with Gasteiger partial charge >= 0.3 is 0 Å². The molecule has 1 aromatic heterocycles. The van der Waals surface area contributed by atoms with Gasteiger partial charge in [0.05, 0.1) is 5.52 Å². The van der Waals surface area contributed by atoms with Gasteiger partial charge in [-0.1, -0.05) is 24.3 Å². The molecule has 0 radical (unpaired) electrons. The Labute approximate surface area is 101 Å². The maximum Gasteiger partial charge on any atom is 0.137 e. The van der Waals surface area contributed by atoms with E-state index < -0.39 is 0 Å². The van der Waals surface area contributed by atoms with Gasteiger partial charge in [-0.3, -0.25) is 0 Å². The quantitative estimate of drug-likeness (QED) is 0.798. The van der Waals surface area contributed by atoms with Crippen molar-refractivity contribution in [2.75, 3.05) is 5.32 Å². The smallest absolute Gasteiger partial charge is 0.137 e. The largest absolute Gasteiger partial charge is 0.366 e. The Balaban J connectivity index is 2.03. The maximum absolute atomic E-state index is 4.38. The molecule has 0 fully saturated rings. The Bertz CT molecular complexity index is 561. The zero-order valence-corrected chi connectivity index (χ0v) is 9.85. The molecular formula is C14H15N3. The number of hydrogen-bond donors (Lipinski definition) is 1. The molecule has 0 saturated carbocycles. The van der Waals surface area contributed by atoms with Gasteiger partial charge in [0.25, 0.3) is 0 Å². The van der Waals surface area contributed by atoms with Gasteiger partial charge in [-0.05, 0) is 31.4 Å². The number of rotatable bonds is 2. The van der Waals surface area contributed by atoms with Crippen LogP contribution in [-0.4, -0.2) is 16.0 Å². The molecule has 1 aliphatic carbocycles. The van der Waals surface area contributed by atoms with E-state index in [0.717, 1.165) is 29.6 Å². The van der Waals surface area contributed by atoms with Crippen molar-refractivity contribution in [3.8, 4) is 0 Å². The van der Waals surface area contributed by atoms with Crippen LogP contribution in [-0.2, 0) is 0 Å². The lowest BCUT2D eigenvalue weighted by Crippen LogP contribution is -2.16. The summed E-state index contributed by atoms with van der Waals surface area (Å²) in [4.78, 5) is 8.69. The van der Waals surface area contributed by atoms with Crippen molar-refractivity contribution >= 4 is 16.7 Å². The molecule has 1 aliphatic rings. The summed E-state index contributed by atoms with van der Waals surface area (Å²) in [5.74, 6) is 0.960. The number of hydrogen-bond acceptors (Lipinski definition) is 3. The van der Waals surface area contributed by atoms with Crippen LogP contribution in [0, 0.1) is 6.92 Å². The molecule has 0 unspecified atom stereocenters. The summed E-state index contributed by atoms with van der Waals surface area (Å²) in [6, 6.07) is 6.64. The summed E-state index contributed by atoms with van der Waals surface area (Å²) in [5.41, 5.74) is 2.23. The van der Waals surface area contributed by atoms with Crippen LogP contribution in [0.15, 0.2) is 36.7 Å². The summed E-state index contributed by atoms with van der Waals surface area (Å²) < 4.78 is 0. The van der Waals surface area contributed by atoms with E-state index in [1.165, 1.54) is 5.56 Å². The SMILES string of the molecule is Cc1cccc2ncnc(NC3CC=CC3)c12. The van der Waals surface area contributed by atoms with Gasteiger partial charge in [-0.15, -0.1) is 0 Å². The third kappa shape index (κ3) is 1.88. The number of nitrogens with zero attached hydrogens (tertiary/aromatic N) is 2. The van der Waals surface area contributed by atoms with Gasteiger partial charge in [0.1, 0.15) is 12.1 Å². The van der Waals surface area contributed by atoms with Gasteiger partial charge in [-0.25, -0.2) is 9.97 Å². The number of fused-ring (bicyclic) bond motifs is 1. The molecule has 0 bridgehead atoms. The first-order valence-corrected chi connectivity index (χ1v) is 5.96. The standard InChI is InChI=1S/C14H15N3/c1-10-5-4-8-12-13(10)14(16-9-15-12)17-11-6-2-3-7-11/h2-5,8-9,11H,6-7H2,1H3,(H,15,16,17). The second kappa shape index (κ2) is 4.17. The van der Waals surface area contributed by atoms with Gasteiger partial charge in [0, 0.05) is 11.4 Å². The molecule has 0 amide bonds. The highest BCUT2D eigenvalue weighted by molar-refractivity contribution is 5.91. The molecule has 0 aliphatic heterocycles. The van der Waals surface area contributed by atoms with E-state index in [0.29, 0.717) is 6.04 Å². The molecule has 3 rings (SSSR count). The predicted molar refractivity (Wildman–Crippen MR) is 70.1 cm³/mol. The normalized spacial score (nSPS) is 15.6. The van der Waals surface area contributed by atoms with Gasteiger partial charge < -0.3 is 5.32 Å². The van der Waals surface area contributed by atoms with Crippen molar-refractivity contribution in [2.45, 2.75) is 25.8 Å².